The number of unbranched alkanes of at least 4 members (excludes halogenated alkanes) is 5. The first-order valence-electron chi connectivity index (χ1n) is 8.97. The third-order valence-electron chi connectivity index (χ3n) is 3.89. The van der Waals surface area contributed by atoms with Crippen LogP contribution in [0.25, 0.3) is 0 Å². The maximum Gasteiger partial charge on any atom is 0.157 e. The molecule has 0 heterocycles. The van der Waals surface area contributed by atoms with E-state index < -0.39 is 0 Å². The summed E-state index contributed by atoms with van der Waals surface area (Å²) in [5.41, 5.74) is 0. The van der Waals surface area contributed by atoms with Gasteiger partial charge in [0.1, 0.15) is 0 Å². The van der Waals surface area contributed by atoms with Crippen LogP contribution < -0.4 is 0 Å². The third-order valence-corrected chi connectivity index (χ3v) is 3.89. The van der Waals surface area contributed by atoms with Crippen molar-refractivity contribution in [2.45, 2.75) is 98.2 Å². The van der Waals surface area contributed by atoms with Crippen molar-refractivity contribution in [3.63, 3.8) is 0 Å². The van der Waals surface area contributed by atoms with Crippen molar-refractivity contribution in [2.24, 2.45) is 5.92 Å². The molecule has 122 valence electrons. The topological polar surface area (TPSA) is 18.5 Å². The van der Waals surface area contributed by atoms with Gasteiger partial charge in [-0.15, -0.1) is 0 Å². The minimum absolute atomic E-state index is 0.0269. The van der Waals surface area contributed by atoms with Crippen LogP contribution in [-0.4, -0.2) is 19.5 Å². The molecule has 0 N–H and O–H groups in total. The van der Waals surface area contributed by atoms with E-state index in [9.17, 15) is 0 Å². The summed E-state index contributed by atoms with van der Waals surface area (Å²) < 4.78 is 11.1. The molecular formula is C18H38O2. The van der Waals surface area contributed by atoms with Crippen LogP contribution in [0.1, 0.15) is 91.9 Å². The number of ether oxygens (including phenoxy) is 2. The van der Waals surface area contributed by atoms with E-state index in [0.29, 0.717) is 0 Å². The van der Waals surface area contributed by atoms with E-state index in [1.165, 1.54) is 57.8 Å². The molecule has 0 aromatic rings. The molecule has 2 nitrogen and oxygen atoms in total. The summed E-state index contributed by atoms with van der Waals surface area (Å²) in [7, 11) is 0. The van der Waals surface area contributed by atoms with Gasteiger partial charge in [0, 0.05) is 13.2 Å². The summed E-state index contributed by atoms with van der Waals surface area (Å²) in [6.07, 6.45) is 13.4. The van der Waals surface area contributed by atoms with Crippen molar-refractivity contribution < 1.29 is 9.47 Å². The maximum atomic E-state index is 5.56. The lowest BCUT2D eigenvalue weighted by molar-refractivity contribution is -0.140. The van der Waals surface area contributed by atoms with Gasteiger partial charge in [0.05, 0.1) is 0 Å². The second-order valence-electron chi connectivity index (χ2n) is 5.93. The zero-order chi connectivity index (χ0) is 15.1. The van der Waals surface area contributed by atoms with Crippen molar-refractivity contribution in [1.29, 1.82) is 0 Å². The molecule has 0 bridgehead atoms. The quantitative estimate of drug-likeness (QED) is 0.274. The fourth-order valence-electron chi connectivity index (χ4n) is 2.62. The van der Waals surface area contributed by atoms with E-state index in [4.69, 9.17) is 9.47 Å². The number of rotatable bonds is 15. The zero-order valence-electron chi connectivity index (χ0n) is 14.5. The molecular weight excluding hydrogens is 248 g/mol. The van der Waals surface area contributed by atoms with Gasteiger partial charge in [0.15, 0.2) is 6.29 Å². The fraction of sp³-hybridized carbons (Fsp3) is 1.00. The molecule has 0 fully saturated rings. The average Bonchev–Trinajstić information content (AvgIpc) is 2.44. The Morgan fingerprint density at radius 3 is 1.70 bits per heavy atom. The highest BCUT2D eigenvalue weighted by Gasteiger charge is 2.07. The molecule has 0 radical (unpaired) electrons. The van der Waals surface area contributed by atoms with Crippen LogP contribution in [0.15, 0.2) is 0 Å². The summed E-state index contributed by atoms with van der Waals surface area (Å²) in [6.45, 7) is 10.3. The Bertz CT molecular complexity index is 176. The summed E-state index contributed by atoms with van der Waals surface area (Å²) in [6, 6.07) is 0. The highest BCUT2D eigenvalue weighted by atomic mass is 16.7. The molecule has 0 aromatic carbocycles. The molecule has 1 atom stereocenters. The predicted molar refractivity (Wildman–Crippen MR) is 88.0 cm³/mol. The number of hydrogen-bond acceptors (Lipinski definition) is 2. The van der Waals surface area contributed by atoms with Crippen molar-refractivity contribution in [2.75, 3.05) is 13.2 Å². The lowest BCUT2D eigenvalue weighted by Gasteiger charge is -2.16. The SMILES string of the molecule is CCCCC(C)CCCCCCCC(OCC)OCC. The van der Waals surface area contributed by atoms with E-state index in [1.54, 1.807) is 0 Å². The second-order valence-corrected chi connectivity index (χ2v) is 5.93. The monoisotopic (exact) mass is 286 g/mol. The van der Waals surface area contributed by atoms with E-state index in [1.807, 2.05) is 13.8 Å². The predicted octanol–water partition coefficient (Wildman–Crippen LogP) is 5.94. The Morgan fingerprint density at radius 1 is 0.650 bits per heavy atom. The molecule has 0 aromatic heterocycles. The Labute approximate surface area is 127 Å². The van der Waals surface area contributed by atoms with Gasteiger partial charge in [-0.05, 0) is 32.6 Å². The first kappa shape index (κ1) is 19.9. The van der Waals surface area contributed by atoms with E-state index in [0.717, 1.165) is 25.6 Å². The lowest BCUT2D eigenvalue weighted by Crippen LogP contribution is -2.17. The van der Waals surface area contributed by atoms with E-state index in [-0.39, 0.29) is 6.29 Å². The molecule has 0 aliphatic carbocycles. The Balaban J connectivity index is 3.34. The molecule has 0 aliphatic rings. The Hall–Kier alpha value is -0.0800. The van der Waals surface area contributed by atoms with Crippen molar-refractivity contribution in [1.82, 2.24) is 0 Å². The normalized spacial score (nSPS) is 13.1. The van der Waals surface area contributed by atoms with Crippen LogP contribution >= 0.6 is 0 Å². The van der Waals surface area contributed by atoms with Crippen molar-refractivity contribution in [3.05, 3.63) is 0 Å². The largest absolute Gasteiger partial charge is 0.353 e. The zero-order valence-corrected chi connectivity index (χ0v) is 14.5. The minimum atomic E-state index is 0.0269. The molecule has 2 heteroatoms. The third kappa shape index (κ3) is 12.9. The summed E-state index contributed by atoms with van der Waals surface area (Å²) in [5, 5.41) is 0. The van der Waals surface area contributed by atoms with Gasteiger partial charge in [-0.3, -0.25) is 0 Å². The molecule has 0 saturated carbocycles. The molecule has 0 spiro atoms. The van der Waals surface area contributed by atoms with Crippen LogP contribution in [0.2, 0.25) is 0 Å². The van der Waals surface area contributed by atoms with Crippen LogP contribution in [0, 0.1) is 5.92 Å². The van der Waals surface area contributed by atoms with Crippen LogP contribution in [-0.2, 0) is 9.47 Å². The first-order chi connectivity index (χ1) is 9.74. The second kappa shape index (κ2) is 15.3. The molecule has 0 rings (SSSR count). The first-order valence-corrected chi connectivity index (χ1v) is 8.97. The highest BCUT2D eigenvalue weighted by molar-refractivity contribution is 4.55. The smallest absolute Gasteiger partial charge is 0.157 e. The molecule has 0 amide bonds. The van der Waals surface area contributed by atoms with Crippen LogP contribution in [0.4, 0.5) is 0 Å². The van der Waals surface area contributed by atoms with Crippen LogP contribution in [0.5, 0.6) is 0 Å². The summed E-state index contributed by atoms with van der Waals surface area (Å²) in [4.78, 5) is 0. The van der Waals surface area contributed by atoms with Gasteiger partial charge in [-0.25, -0.2) is 0 Å². The molecule has 20 heavy (non-hydrogen) atoms. The van der Waals surface area contributed by atoms with Crippen molar-refractivity contribution >= 4 is 0 Å². The highest BCUT2D eigenvalue weighted by Crippen LogP contribution is 2.17. The van der Waals surface area contributed by atoms with Gasteiger partial charge >= 0.3 is 0 Å². The summed E-state index contributed by atoms with van der Waals surface area (Å²) in [5.74, 6) is 0.926. The average molecular weight is 286 g/mol. The molecule has 0 saturated heterocycles. The Morgan fingerprint density at radius 2 is 1.15 bits per heavy atom. The fourth-order valence-corrected chi connectivity index (χ4v) is 2.62. The molecule has 0 aliphatic heterocycles. The van der Waals surface area contributed by atoms with Crippen LogP contribution in [0.3, 0.4) is 0 Å². The molecule has 1 unspecified atom stereocenters. The maximum absolute atomic E-state index is 5.56. The van der Waals surface area contributed by atoms with Gasteiger partial charge in [0.25, 0.3) is 0 Å². The van der Waals surface area contributed by atoms with Gasteiger partial charge in [-0.1, -0.05) is 65.2 Å². The van der Waals surface area contributed by atoms with E-state index >= 15 is 0 Å². The Kier molecular flexibility index (Phi) is 15.3. The van der Waals surface area contributed by atoms with Crippen molar-refractivity contribution in [3.8, 4) is 0 Å². The van der Waals surface area contributed by atoms with Gasteiger partial charge in [-0.2, -0.15) is 0 Å². The lowest BCUT2D eigenvalue weighted by atomic mass is 9.97. The van der Waals surface area contributed by atoms with Gasteiger partial charge < -0.3 is 9.47 Å². The minimum Gasteiger partial charge on any atom is -0.353 e. The standard InChI is InChI=1S/C18H38O2/c1-5-8-14-17(4)15-12-10-9-11-13-16-18(19-6-2)20-7-3/h17-18H,5-16H2,1-4H3. The summed E-state index contributed by atoms with van der Waals surface area (Å²) >= 11 is 0. The van der Waals surface area contributed by atoms with E-state index in [2.05, 4.69) is 13.8 Å². The number of hydrogen-bond donors (Lipinski definition) is 0. The van der Waals surface area contributed by atoms with Gasteiger partial charge in [0.2, 0.25) is 0 Å².